The molecule has 1 heterocycles. The van der Waals surface area contributed by atoms with E-state index in [1.54, 1.807) is 24.4 Å². The highest BCUT2D eigenvalue weighted by Crippen LogP contribution is 2.26. The lowest BCUT2D eigenvalue weighted by Crippen LogP contribution is -2.38. The van der Waals surface area contributed by atoms with E-state index in [1.165, 1.54) is 11.8 Å². The van der Waals surface area contributed by atoms with Crippen molar-refractivity contribution in [3.63, 3.8) is 0 Å². The maximum absolute atomic E-state index is 12.4. The predicted octanol–water partition coefficient (Wildman–Crippen LogP) is 2.59. The van der Waals surface area contributed by atoms with Gasteiger partial charge >= 0.3 is 0 Å². The molecule has 0 radical (unpaired) electrons. The largest absolute Gasteiger partial charge is 0.457 e. The van der Waals surface area contributed by atoms with Crippen molar-refractivity contribution in [2.24, 2.45) is 5.73 Å². The molecule has 2 aromatic rings. The lowest BCUT2D eigenvalue weighted by Gasteiger charge is -2.15. The molecule has 0 saturated carbocycles. The van der Waals surface area contributed by atoms with Gasteiger partial charge in [-0.3, -0.25) is 4.79 Å². The molecule has 112 valence electrons. The van der Waals surface area contributed by atoms with Gasteiger partial charge in [-0.2, -0.15) is 0 Å². The number of nitrogens with two attached hydrogens (primary N) is 1. The lowest BCUT2D eigenvalue weighted by atomic mass is 10.2. The number of hydrogen-bond donors (Lipinski definition) is 3. The Balaban J connectivity index is 1.74. The summed E-state index contributed by atoms with van der Waals surface area (Å²) >= 11 is 1.35. The van der Waals surface area contributed by atoms with Crippen molar-refractivity contribution >= 4 is 17.7 Å². The van der Waals surface area contributed by atoms with Crippen LogP contribution in [0.3, 0.4) is 0 Å². The van der Waals surface area contributed by atoms with E-state index in [0.29, 0.717) is 22.1 Å². The van der Waals surface area contributed by atoms with Crippen molar-refractivity contribution in [2.45, 2.75) is 5.50 Å². The van der Waals surface area contributed by atoms with Crippen LogP contribution < -0.4 is 21.1 Å². The van der Waals surface area contributed by atoms with Gasteiger partial charge in [0.05, 0.1) is 10.6 Å². The fourth-order valence-corrected chi connectivity index (χ4v) is 2.70. The molecule has 4 N–H and O–H groups in total. The molecule has 6 heteroatoms. The van der Waals surface area contributed by atoms with Crippen molar-refractivity contribution in [1.29, 1.82) is 0 Å². The van der Waals surface area contributed by atoms with Crippen LogP contribution in [0.5, 0.6) is 11.5 Å². The number of benzene rings is 2. The van der Waals surface area contributed by atoms with Crippen LogP contribution in [0.25, 0.3) is 0 Å². The maximum atomic E-state index is 12.4. The van der Waals surface area contributed by atoms with E-state index in [1.807, 2.05) is 36.4 Å². The average molecular weight is 313 g/mol. The molecule has 1 amide bonds. The van der Waals surface area contributed by atoms with E-state index in [-0.39, 0.29) is 11.4 Å². The molecule has 2 aromatic carbocycles. The van der Waals surface area contributed by atoms with Crippen LogP contribution in [0.1, 0.15) is 10.4 Å². The zero-order chi connectivity index (χ0) is 15.4. The molecule has 0 fully saturated rings. The van der Waals surface area contributed by atoms with Crippen molar-refractivity contribution in [3.05, 3.63) is 71.4 Å². The molecule has 1 aliphatic rings. The monoisotopic (exact) mass is 313 g/mol. The number of ether oxygens (including phenoxy) is 1. The van der Waals surface area contributed by atoms with Crippen molar-refractivity contribution in [1.82, 2.24) is 10.6 Å². The minimum absolute atomic E-state index is 0.223. The molecule has 1 unspecified atom stereocenters. The molecule has 0 saturated heterocycles. The number of amides is 1. The van der Waals surface area contributed by atoms with Gasteiger partial charge in [-0.25, -0.2) is 0 Å². The number of rotatable bonds is 4. The Morgan fingerprint density at radius 1 is 1.14 bits per heavy atom. The molecular formula is C16H15N3O2S. The standard InChI is InChI=1S/C16H15N3O2S/c17-14-10-18-16(22-14)19-15(20)12-8-4-5-9-13(12)21-11-6-2-1-3-7-11/h1-10,16,18H,17H2,(H,19,20). The van der Waals surface area contributed by atoms with Gasteiger partial charge in [-0.1, -0.05) is 42.1 Å². The second kappa shape index (κ2) is 6.44. The summed E-state index contributed by atoms with van der Waals surface area (Å²) in [5, 5.41) is 6.47. The summed E-state index contributed by atoms with van der Waals surface area (Å²) < 4.78 is 5.79. The van der Waals surface area contributed by atoms with Crippen molar-refractivity contribution in [2.75, 3.05) is 0 Å². The Morgan fingerprint density at radius 2 is 1.86 bits per heavy atom. The number of carbonyl (C=O) groups is 1. The number of hydrogen-bond acceptors (Lipinski definition) is 5. The molecule has 0 aromatic heterocycles. The number of nitrogens with one attached hydrogen (secondary N) is 2. The second-order valence-corrected chi connectivity index (χ2v) is 5.77. The summed E-state index contributed by atoms with van der Waals surface area (Å²) in [7, 11) is 0. The van der Waals surface area contributed by atoms with Crippen LogP contribution in [-0.2, 0) is 0 Å². The van der Waals surface area contributed by atoms with Crippen molar-refractivity contribution < 1.29 is 9.53 Å². The SMILES string of the molecule is NC1=CNC(NC(=O)c2ccccc2Oc2ccccc2)S1. The first-order valence-corrected chi connectivity index (χ1v) is 7.61. The smallest absolute Gasteiger partial charge is 0.257 e. The zero-order valence-electron chi connectivity index (χ0n) is 11.7. The molecular weight excluding hydrogens is 298 g/mol. The fourth-order valence-electron chi connectivity index (χ4n) is 1.99. The maximum Gasteiger partial charge on any atom is 0.257 e. The van der Waals surface area contributed by atoms with Crippen LogP contribution in [0.15, 0.2) is 65.8 Å². The second-order valence-electron chi connectivity index (χ2n) is 4.60. The Labute approximate surface area is 132 Å². The molecule has 1 atom stereocenters. The van der Waals surface area contributed by atoms with E-state index < -0.39 is 0 Å². The summed E-state index contributed by atoms with van der Waals surface area (Å²) in [6.07, 6.45) is 1.67. The van der Waals surface area contributed by atoms with Gasteiger partial charge in [0.2, 0.25) is 0 Å². The molecule has 0 aliphatic carbocycles. The molecule has 0 bridgehead atoms. The van der Waals surface area contributed by atoms with E-state index in [0.717, 1.165) is 0 Å². The third-order valence-electron chi connectivity index (χ3n) is 3.00. The van der Waals surface area contributed by atoms with Crippen LogP contribution in [0.2, 0.25) is 0 Å². The highest BCUT2D eigenvalue weighted by Gasteiger charge is 2.20. The van der Waals surface area contributed by atoms with Gasteiger partial charge in [0.1, 0.15) is 11.5 Å². The highest BCUT2D eigenvalue weighted by molar-refractivity contribution is 8.03. The Morgan fingerprint density at radius 3 is 2.59 bits per heavy atom. The summed E-state index contributed by atoms with van der Waals surface area (Å²) in [6, 6.07) is 16.5. The fraction of sp³-hybridized carbons (Fsp3) is 0.0625. The molecule has 1 aliphatic heterocycles. The summed E-state index contributed by atoms with van der Waals surface area (Å²) in [5.74, 6) is 0.969. The highest BCUT2D eigenvalue weighted by atomic mass is 32.2. The van der Waals surface area contributed by atoms with E-state index >= 15 is 0 Å². The topological polar surface area (TPSA) is 76.4 Å². The normalized spacial score (nSPS) is 16.5. The first kappa shape index (κ1) is 14.3. The van der Waals surface area contributed by atoms with E-state index in [9.17, 15) is 4.79 Å². The molecule has 3 rings (SSSR count). The number of para-hydroxylation sites is 2. The summed E-state index contributed by atoms with van der Waals surface area (Å²) in [5.41, 5.74) is 5.86. The van der Waals surface area contributed by atoms with Crippen LogP contribution in [-0.4, -0.2) is 11.4 Å². The van der Waals surface area contributed by atoms with Crippen molar-refractivity contribution in [3.8, 4) is 11.5 Å². The Kier molecular flexibility index (Phi) is 4.20. The molecule has 5 nitrogen and oxygen atoms in total. The predicted molar refractivity (Wildman–Crippen MR) is 87.2 cm³/mol. The first-order valence-electron chi connectivity index (χ1n) is 6.73. The van der Waals surface area contributed by atoms with Crippen LogP contribution >= 0.6 is 11.8 Å². The van der Waals surface area contributed by atoms with E-state index in [4.69, 9.17) is 10.5 Å². The van der Waals surface area contributed by atoms with Crippen LogP contribution in [0, 0.1) is 0 Å². The Bertz CT molecular complexity index is 704. The van der Waals surface area contributed by atoms with Crippen LogP contribution in [0.4, 0.5) is 0 Å². The van der Waals surface area contributed by atoms with Gasteiger partial charge < -0.3 is 21.1 Å². The third kappa shape index (κ3) is 3.35. The number of thioether (sulfide) groups is 1. The zero-order valence-corrected chi connectivity index (χ0v) is 12.5. The van der Waals surface area contributed by atoms with Gasteiger partial charge in [-0.15, -0.1) is 0 Å². The summed E-state index contributed by atoms with van der Waals surface area (Å²) in [4.78, 5) is 12.4. The number of carbonyl (C=O) groups excluding carboxylic acids is 1. The molecule has 0 spiro atoms. The Hall–Kier alpha value is -2.60. The minimum Gasteiger partial charge on any atom is -0.457 e. The third-order valence-corrected chi connectivity index (χ3v) is 3.88. The first-order chi connectivity index (χ1) is 10.7. The quantitative estimate of drug-likeness (QED) is 0.809. The average Bonchev–Trinajstić information content (AvgIpc) is 2.94. The van der Waals surface area contributed by atoms with E-state index in [2.05, 4.69) is 10.6 Å². The lowest BCUT2D eigenvalue weighted by molar-refractivity contribution is 0.0945. The van der Waals surface area contributed by atoms with Gasteiger partial charge in [0.15, 0.2) is 5.50 Å². The van der Waals surface area contributed by atoms with Gasteiger partial charge in [-0.05, 0) is 24.3 Å². The minimum atomic E-state index is -0.266. The van der Waals surface area contributed by atoms with Gasteiger partial charge in [0.25, 0.3) is 5.91 Å². The van der Waals surface area contributed by atoms with Gasteiger partial charge in [0, 0.05) is 6.20 Å². The summed E-state index contributed by atoms with van der Waals surface area (Å²) in [6.45, 7) is 0. The molecule has 22 heavy (non-hydrogen) atoms.